The number of hydrogen-bond donors (Lipinski definition) is 4. The van der Waals surface area contributed by atoms with Gasteiger partial charge in [-0.05, 0) is 25.7 Å². The van der Waals surface area contributed by atoms with E-state index in [-0.39, 0.29) is 6.61 Å². The van der Waals surface area contributed by atoms with E-state index in [0.29, 0.717) is 17.8 Å². The van der Waals surface area contributed by atoms with Crippen molar-refractivity contribution < 1.29 is 5.11 Å². The van der Waals surface area contributed by atoms with Gasteiger partial charge < -0.3 is 21.1 Å². The van der Waals surface area contributed by atoms with Crippen LogP contribution in [0.4, 0.5) is 17.8 Å². The zero-order chi connectivity index (χ0) is 17.5. The molecule has 7 heteroatoms. The van der Waals surface area contributed by atoms with E-state index < -0.39 is 0 Å². The van der Waals surface area contributed by atoms with Gasteiger partial charge in [-0.15, -0.1) is 0 Å². The molecule has 1 aromatic rings. The minimum Gasteiger partial charge on any atom is -0.396 e. The first-order chi connectivity index (χ1) is 11.8. The van der Waals surface area contributed by atoms with Crippen LogP contribution in [0.1, 0.15) is 65.2 Å². The number of aliphatic hydroxyl groups excluding tert-OH is 1. The predicted octanol–water partition coefficient (Wildman–Crippen LogP) is 3.26. The van der Waals surface area contributed by atoms with E-state index >= 15 is 0 Å². The van der Waals surface area contributed by atoms with Crippen molar-refractivity contribution in [1.82, 2.24) is 15.0 Å². The molecule has 7 nitrogen and oxygen atoms in total. The van der Waals surface area contributed by atoms with Gasteiger partial charge in [0.15, 0.2) is 0 Å². The number of aromatic nitrogens is 3. The number of anilines is 3. The Balaban J connectivity index is 2.52. The maximum absolute atomic E-state index is 8.78. The number of hydrogen-bond acceptors (Lipinski definition) is 7. The Morgan fingerprint density at radius 1 is 0.625 bits per heavy atom. The van der Waals surface area contributed by atoms with Crippen LogP contribution in [0.25, 0.3) is 0 Å². The summed E-state index contributed by atoms with van der Waals surface area (Å²) in [7, 11) is 0. The Labute approximate surface area is 146 Å². The van der Waals surface area contributed by atoms with Crippen LogP contribution in [-0.4, -0.2) is 46.3 Å². The van der Waals surface area contributed by atoms with Gasteiger partial charge in [0.05, 0.1) is 0 Å². The predicted molar refractivity (Wildman–Crippen MR) is 101 cm³/mol. The van der Waals surface area contributed by atoms with E-state index in [1.807, 2.05) is 0 Å². The van der Waals surface area contributed by atoms with Crippen LogP contribution < -0.4 is 16.0 Å². The molecule has 0 fully saturated rings. The Hall–Kier alpha value is -1.63. The lowest BCUT2D eigenvalue weighted by molar-refractivity contribution is 0.283. The third-order valence-corrected chi connectivity index (χ3v) is 3.63. The minimum atomic E-state index is 0.278. The van der Waals surface area contributed by atoms with Crippen molar-refractivity contribution in [3.05, 3.63) is 0 Å². The Morgan fingerprint density at radius 3 is 1.46 bits per heavy atom. The number of unbranched alkanes of at least 4 members (excludes halogenated alkanes) is 5. The molecule has 1 rings (SSSR count). The number of aliphatic hydroxyl groups is 1. The van der Waals surface area contributed by atoms with Gasteiger partial charge in [0.2, 0.25) is 17.8 Å². The molecular weight excluding hydrogens is 304 g/mol. The van der Waals surface area contributed by atoms with Gasteiger partial charge in [-0.3, -0.25) is 0 Å². The minimum absolute atomic E-state index is 0.278. The monoisotopic (exact) mass is 338 g/mol. The fraction of sp³-hybridized carbons (Fsp3) is 0.824. The van der Waals surface area contributed by atoms with Crippen molar-refractivity contribution in [2.45, 2.75) is 65.2 Å². The van der Waals surface area contributed by atoms with Crippen molar-refractivity contribution in [2.24, 2.45) is 0 Å². The highest BCUT2D eigenvalue weighted by Crippen LogP contribution is 2.10. The highest BCUT2D eigenvalue weighted by Gasteiger charge is 2.05. The first-order valence-electron chi connectivity index (χ1n) is 9.38. The van der Waals surface area contributed by atoms with Crippen LogP contribution in [0.15, 0.2) is 0 Å². The van der Waals surface area contributed by atoms with E-state index in [2.05, 4.69) is 44.7 Å². The summed E-state index contributed by atoms with van der Waals surface area (Å²) >= 11 is 0. The van der Waals surface area contributed by atoms with E-state index in [1.165, 1.54) is 0 Å². The molecule has 0 spiro atoms. The summed E-state index contributed by atoms with van der Waals surface area (Å²) in [6.07, 6.45) is 8.55. The molecule has 0 amide bonds. The third-order valence-electron chi connectivity index (χ3n) is 3.63. The summed E-state index contributed by atoms with van der Waals surface area (Å²) in [5, 5.41) is 18.6. The highest BCUT2D eigenvalue weighted by molar-refractivity contribution is 5.42. The molecule has 1 heterocycles. The largest absolute Gasteiger partial charge is 0.396 e. The van der Waals surface area contributed by atoms with Crippen LogP contribution in [0.3, 0.4) is 0 Å². The van der Waals surface area contributed by atoms with Crippen LogP contribution in [0.5, 0.6) is 0 Å². The van der Waals surface area contributed by atoms with Gasteiger partial charge in [0, 0.05) is 26.2 Å². The second kappa shape index (κ2) is 13.8. The molecule has 0 unspecified atom stereocenters. The highest BCUT2D eigenvalue weighted by atomic mass is 16.2. The van der Waals surface area contributed by atoms with E-state index in [0.717, 1.165) is 71.0 Å². The van der Waals surface area contributed by atoms with Gasteiger partial charge >= 0.3 is 0 Å². The molecule has 0 aliphatic carbocycles. The van der Waals surface area contributed by atoms with Gasteiger partial charge in [-0.2, -0.15) is 15.0 Å². The average Bonchev–Trinajstić information content (AvgIpc) is 2.58. The second-order valence-corrected chi connectivity index (χ2v) is 5.93. The molecular formula is C17H34N6O. The molecule has 0 aliphatic rings. The standard InChI is InChI=1S/C17H34N6O/c1-3-5-11-18-15-21-16(19-12-6-4-2)23-17(22-15)20-13-9-7-8-10-14-24/h24H,3-14H2,1-2H3,(H3,18,19,20,21,22,23). The molecule has 0 atom stereocenters. The van der Waals surface area contributed by atoms with Crippen LogP contribution >= 0.6 is 0 Å². The van der Waals surface area contributed by atoms with E-state index in [9.17, 15) is 0 Å². The SMILES string of the molecule is CCCCNc1nc(NCCCC)nc(NCCCCCCO)n1. The van der Waals surface area contributed by atoms with E-state index in [4.69, 9.17) is 5.11 Å². The summed E-state index contributed by atoms with van der Waals surface area (Å²) in [5.74, 6) is 1.87. The van der Waals surface area contributed by atoms with Gasteiger partial charge in [0.25, 0.3) is 0 Å². The molecule has 1 aromatic heterocycles. The molecule has 4 N–H and O–H groups in total. The number of nitrogens with one attached hydrogen (secondary N) is 3. The molecule has 138 valence electrons. The molecule has 24 heavy (non-hydrogen) atoms. The van der Waals surface area contributed by atoms with Gasteiger partial charge in [-0.25, -0.2) is 0 Å². The van der Waals surface area contributed by atoms with Crippen LogP contribution in [0.2, 0.25) is 0 Å². The number of nitrogens with zero attached hydrogens (tertiary/aromatic N) is 3. The Morgan fingerprint density at radius 2 is 1.04 bits per heavy atom. The van der Waals surface area contributed by atoms with Crippen molar-refractivity contribution in [3.8, 4) is 0 Å². The smallest absolute Gasteiger partial charge is 0.229 e. The molecule has 0 saturated heterocycles. The lowest BCUT2D eigenvalue weighted by atomic mass is 10.2. The summed E-state index contributed by atoms with van der Waals surface area (Å²) in [6, 6.07) is 0. The molecule has 0 aliphatic heterocycles. The first kappa shape index (κ1) is 20.4. The van der Waals surface area contributed by atoms with Gasteiger partial charge in [0.1, 0.15) is 0 Å². The normalized spacial score (nSPS) is 10.6. The van der Waals surface area contributed by atoms with Crippen LogP contribution in [-0.2, 0) is 0 Å². The van der Waals surface area contributed by atoms with Gasteiger partial charge in [-0.1, -0.05) is 39.5 Å². The van der Waals surface area contributed by atoms with Crippen molar-refractivity contribution in [3.63, 3.8) is 0 Å². The second-order valence-electron chi connectivity index (χ2n) is 5.93. The van der Waals surface area contributed by atoms with Crippen molar-refractivity contribution >= 4 is 17.8 Å². The fourth-order valence-electron chi connectivity index (χ4n) is 2.16. The zero-order valence-electron chi connectivity index (χ0n) is 15.3. The maximum Gasteiger partial charge on any atom is 0.229 e. The van der Waals surface area contributed by atoms with E-state index in [1.54, 1.807) is 0 Å². The Kier molecular flexibility index (Phi) is 11.7. The maximum atomic E-state index is 8.78. The van der Waals surface area contributed by atoms with Crippen molar-refractivity contribution in [1.29, 1.82) is 0 Å². The lowest BCUT2D eigenvalue weighted by Crippen LogP contribution is -2.14. The summed E-state index contributed by atoms with van der Waals surface area (Å²) in [6.45, 7) is 7.18. The topological polar surface area (TPSA) is 95.0 Å². The summed E-state index contributed by atoms with van der Waals surface area (Å²) in [4.78, 5) is 13.3. The quantitative estimate of drug-likeness (QED) is 0.365. The molecule has 0 aromatic carbocycles. The molecule has 0 saturated carbocycles. The summed E-state index contributed by atoms with van der Waals surface area (Å²) in [5.41, 5.74) is 0. The van der Waals surface area contributed by atoms with Crippen LogP contribution in [0, 0.1) is 0 Å². The zero-order valence-corrected chi connectivity index (χ0v) is 15.3. The number of rotatable bonds is 15. The molecule has 0 bridgehead atoms. The average molecular weight is 339 g/mol. The summed E-state index contributed by atoms with van der Waals surface area (Å²) < 4.78 is 0. The fourth-order valence-corrected chi connectivity index (χ4v) is 2.16. The molecule has 0 radical (unpaired) electrons. The Bertz CT molecular complexity index is 401. The van der Waals surface area contributed by atoms with Crippen molar-refractivity contribution in [2.75, 3.05) is 42.2 Å². The third kappa shape index (κ3) is 9.50. The lowest BCUT2D eigenvalue weighted by Gasteiger charge is -2.11. The first-order valence-corrected chi connectivity index (χ1v) is 9.38.